The Balaban J connectivity index is 1.75. The van der Waals surface area contributed by atoms with E-state index in [1.165, 1.54) is 29.2 Å². The van der Waals surface area contributed by atoms with Crippen LogP contribution in [0.2, 0.25) is 0 Å². The summed E-state index contributed by atoms with van der Waals surface area (Å²) in [4.78, 5) is 45.6. The number of aryl methyl sites for hydroxylation is 2. The summed E-state index contributed by atoms with van der Waals surface area (Å²) in [7, 11) is 0. The lowest BCUT2D eigenvalue weighted by molar-refractivity contribution is 0.0531. The summed E-state index contributed by atoms with van der Waals surface area (Å²) in [6.45, 7) is 5.40. The van der Waals surface area contributed by atoms with Crippen molar-refractivity contribution in [2.45, 2.75) is 26.8 Å². The van der Waals surface area contributed by atoms with Crippen LogP contribution in [-0.4, -0.2) is 23.5 Å². The lowest BCUT2D eigenvalue weighted by Gasteiger charge is -2.22. The number of hydrogen-bond acceptors (Lipinski definition) is 7. The highest BCUT2D eigenvalue weighted by Crippen LogP contribution is 2.43. The number of amides is 1. The maximum atomic E-state index is 13.7. The molecule has 1 atom stereocenters. The summed E-state index contributed by atoms with van der Waals surface area (Å²) in [6.07, 6.45) is 0. The Labute approximate surface area is 197 Å². The molecule has 0 N–H and O–H groups in total. The van der Waals surface area contributed by atoms with E-state index in [9.17, 15) is 18.8 Å². The van der Waals surface area contributed by atoms with Crippen LogP contribution in [0.5, 0.6) is 0 Å². The number of ether oxygens (including phenoxy) is 1. The van der Waals surface area contributed by atoms with E-state index in [0.717, 1.165) is 16.9 Å². The predicted octanol–water partition coefficient (Wildman–Crippen LogP) is 4.93. The Kier molecular flexibility index (Phi) is 5.28. The van der Waals surface area contributed by atoms with Crippen molar-refractivity contribution < 1.29 is 23.1 Å². The van der Waals surface area contributed by atoms with Gasteiger partial charge in [-0.15, -0.1) is 0 Å². The highest BCUT2D eigenvalue weighted by atomic mass is 32.1. The summed E-state index contributed by atoms with van der Waals surface area (Å²) in [6, 6.07) is 9.82. The highest BCUT2D eigenvalue weighted by Gasteiger charge is 2.45. The molecule has 1 aliphatic heterocycles. The number of aromatic nitrogens is 1. The van der Waals surface area contributed by atoms with Gasteiger partial charge in [-0.25, -0.2) is 14.2 Å². The maximum Gasteiger partial charge on any atom is 0.350 e. The van der Waals surface area contributed by atoms with Crippen molar-refractivity contribution in [1.82, 2.24) is 4.98 Å². The number of hydrogen-bond donors (Lipinski definition) is 0. The first kappa shape index (κ1) is 22.0. The van der Waals surface area contributed by atoms with Gasteiger partial charge in [0.1, 0.15) is 16.3 Å². The second-order valence-corrected chi connectivity index (χ2v) is 8.91. The van der Waals surface area contributed by atoms with Crippen molar-refractivity contribution in [3.05, 3.63) is 91.5 Å². The molecule has 9 heteroatoms. The molecular formula is C25H19FN2O5S. The largest absolute Gasteiger partial charge is 0.462 e. The molecular weight excluding hydrogens is 459 g/mol. The van der Waals surface area contributed by atoms with Gasteiger partial charge in [0.25, 0.3) is 5.91 Å². The highest BCUT2D eigenvalue weighted by molar-refractivity contribution is 7.17. The van der Waals surface area contributed by atoms with Gasteiger partial charge in [-0.1, -0.05) is 35.1 Å². The number of thiazole rings is 1. The van der Waals surface area contributed by atoms with E-state index in [1.807, 2.05) is 6.92 Å². The number of esters is 1. The molecule has 7 nitrogen and oxygen atoms in total. The molecule has 3 heterocycles. The molecule has 0 fully saturated rings. The van der Waals surface area contributed by atoms with Gasteiger partial charge in [-0.2, -0.15) is 0 Å². The van der Waals surface area contributed by atoms with Crippen molar-refractivity contribution in [3.63, 3.8) is 0 Å². The molecule has 0 saturated carbocycles. The summed E-state index contributed by atoms with van der Waals surface area (Å²) in [5.74, 6) is -1.65. The first-order chi connectivity index (χ1) is 16.3. The maximum absolute atomic E-state index is 13.7. The third-order valence-corrected chi connectivity index (χ3v) is 6.80. The second kappa shape index (κ2) is 8.18. The number of halogens is 1. The molecule has 4 aromatic rings. The quantitative estimate of drug-likeness (QED) is 0.386. The van der Waals surface area contributed by atoms with Crippen LogP contribution in [0.15, 0.2) is 51.7 Å². The van der Waals surface area contributed by atoms with Gasteiger partial charge in [-0.3, -0.25) is 14.5 Å². The Bertz CT molecular complexity index is 1520. The van der Waals surface area contributed by atoms with Crippen LogP contribution in [0, 0.1) is 19.7 Å². The van der Waals surface area contributed by atoms with E-state index in [4.69, 9.17) is 9.15 Å². The van der Waals surface area contributed by atoms with Crippen molar-refractivity contribution in [2.75, 3.05) is 11.5 Å². The first-order valence-corrected chi connectivity index (χ1v) is 11.4. The number of nitrogens with zero attached hydrogens (tertiary/aromatic N) is 2. The molecule has 0 spiro atoms. The standard InChI is InChI=1S/C25H19FN2O5S/c1-4-32-24(31)22-13(3)27-25(34-22)28-19(14-6-8-15(26)9-7-14)18-20(29)16-11-12(2)5-10-17(16)33-21(18)23(28)30/h5-11,19H,4H2,1-3H3/t19-/m0/s1. The average Bonchev–Trinajstić information content (AvgIpc) is 3.33. The topological polar surface area (TPSA) is 89.7 Å². The van der Waals surface area contributed by atoms with Crippen molar-refractivity contribution in [1.29, 1.82) is 0 Å². The molecule has 0 unspecified atom stereocenters. The van der Waals surface area contributed by atoms with Gasteiger partial charge in [0.15, 0.2) is 10.6 Å². The fourth-order valence-corrected chi connectivity index (χ4v) is 5.10. The normalized spacial score (nSPS) is 15.1. The second-order valence-electron chi connectivity index (χ2n) is 7.93. The fourth-order valence-electron chi connectivity index (χ4n) is 4.12. The average molecular weight is 479 g/mol. The van der Waals surface area contributed by atoms with Crippen LogP contribution < -0.4 is 10.3 Å². The van der Waals surface area contributed by atoms with Gasteiger partial charge >= 0.3 is 5.97 Å². The molecule has 172 valence electrons. The minimum Gasteiger partial charge on any atom is -0.462 e. The molecule has 0 aliphatic carbocycles. The Hall–Kier alpha value is -3.85. The fraction of sp³-hybridized carbons (Fsp3) is 0.200. The summed E-state index contributed by atoms with van der Waals surface area (Å²) in [5.41, 5.74) is 1.89. The third kappa shape index (κ3) is 3.40. The van der Waals surface area contributed by atoms with Gasteiger partial charge < -0.3 is 9.15 Å². The molecule has 2 aromatic heterocycles. The van der Waals surface area contributed by atoms with E-state index in [2.05, 4.69) is 4.98 Å². The minimum absolute atomic E-state index is 0.0961. The summed E-state index contributed by atoms with van der Waals surface area (Å²) in [5, 5.41) is 0.564. The van der Waals surface area contributed by atoms with Crippen LogP contribution in [0.1, 0.15) is 55.6 Å². The summed E-state index contributed by atoms with van der Waals surface area (Å²) < 4.78 is 24.7. The van der Waals surface area contributed by atoms with Gasteiger partial charge in [-0.05, 0) is 50.6 Å². The van der Waals surface area contributed by atoms with Crippen LogP contribution >= 0.6 is 11.3 Å². The van der Waals surface area contributed by atoms with E-state index >= 15 is 0 Å². The minimum atomic E-state index is -0.898. The molecule has 0 saturated heterocycles. The smallest absolute Gasteiger partial charge is 0.350 e. The molecule has 34 heavy (non-hydrogen) atoms. The summed E-state index contributed by atoms with van der Waals surface area (Å²) >= 11 is 0.995. The monoisotopic (exact) mass is 478 g/mol. The lowest BCUT2D eigenvalue weighted by Crippen LogP contribution is -2.29. The Morgan fingerprint density at radius 1 is 1.18 bits per heavy atom. The Morgan fingerprint density at radius 3 is 2.62 bits per heavy atom. The van der Waals surface area contributed by atoms with Crippen LogP contribution in [0.3, 0.4) is 0 Å². The Morgan fingerprint density at radius 2 is 1.91 bits per heavy atom. The van der Waals surface area contributed by atoms with E-state index < -0.39 is 23.7 Å². The van der Waals surface area contributed by atoms with E-state index in [0.29, 0.717) is 22.2 Å². The predicted molar refractivity (Wildman–Crippen MR) is 125 cm³/mol. The van der Waals surface area contributed by atoms with Crippen LogP contribution in [0.25, 0.3) is 11.0 Å². The van der Waals surface area contributed by atoms with Crippen LogP contribution in [-0.2, 0) is 4.74 Å². The van der Waals surface area contributed by atoms with E-state index in [-0.39, 0.29) is 33.4 Å². The molecule has 5 rings (SSSR count). The third-order valence-electron chi connectivity index (χ3n) is 5.66. The van der Waals surface area contributed by atoms with Gasteiger partial charge in [0, 0.05) is 0 Å². The number of rotatable bonds is 4. The number of anilines is 1. The number of carbonyl (C=O) groups is 2. The number of carbonyl (C=O) groups excluding carboxylic acids is 2. The molecule has 2 aromatic carbocycles. The van der Waals surface area contributed by atoms with Crippen LogP contribution in [0.4, 0.5) is 9.52 Å². The first-order valence-electron chi connectivity index (χ1n) is 10.6. The molecule has 1 amide bonds. The SMILES string of the molecule is CCOC(=O)c1sc(N2C(=O)c3oc4ccc(C)cc4c(=O)c3[C@@H]2c2ccc(F)cc2)nc1C. The van der Waals surface area contributed by atoms with E-state index in [1.54, 1.807) is 32.0 Å². The zero-order valence-corrected chi connectivity index (χ0v) is 19.4. The number of benzene rings is 2. The molecule has 0 radical (unpaired) electrons. The van der Waals surface area contributed by atoms with Crippen molar-refractivity contribution in [3.8, 4) is 0 Å². The zero-order chi connectivity index (χ0) is 24.1. The van der Waals surface area contributed by atoms with Gasteiger partial charge in [0.2, 0.25) is 5.76 Å². The zero-order valence-electron chi connectivity index (χ0n) is 18.5. The number of fused-ring (bicyclic) bond motifs is 2. The van der Waals surface area contributed by atoms with Gasteiger partial charge in [0.05, 0.1) is 29.3 Å². The van der Waals surface area contributed by atoms with Crippen molar-refractivity contribution in [2.24, 2.45) is 0 Å². The van der Waals surface area contributed by atoms with Crippen molar-refractivity contribution >= 4 is 39.3 Å². The molecule has 0 bridgehead atoms. The molecule has 1 aliphatic rings. The lowest BCUT2D eigenvalue weighted by atomic mass is 9.98.